The highest BCUT2D eigenvalue weighted by Crippen LogP contribution is 2.38. The number of para-hydroxylation sites is 1. The first-order valence-corrected chi connectivity index (χ1v) is 7.83. The second-order valence-electron chi connectivity index (χ2n) is 4.71. The third-order valence-electron chi connectivity index (χ3n) is 3.60. The number of nitrogens with one attached hydrogen (secondary N) is 1. The van der Waals surface area contributed by atoms with E-state index in [2.05, 4.69) is 11.4 Å². The van der Waals surface area contributed by atoms with Crippen LogP contribution in [-0.4, -0.2) is 18.3 Å². The predicted octanol–water partition coefficient (Wildman–Crippen LogP) is 3.12. The van der Waals surface area contributed by atoms with Crippen molar-refractivity contribution in [3.8, 4) is 0 Å². The molecule has 0 radical (unpaired) electrons. The van der Waals surface area contributed by atoms with Gasteiger partial charge in [0.25, 0.3) is 0 Å². The van der Waals surface area contributed by atoms with Gasteiger partial charge in [-0.2, -0.15) is 0 Å². The molecule has 0 aliphatic carbocycles. The van der Waals surface area contributed by atoms with E-state index in [0.717, 1.165) is 21.7 Å². The molecule has 3 rings (SSSR count). The summed E-state index contributed by atoms with van der Waals surface area (Å²) < 4.78 is 14.6. The van der Waals surface area contributed by atoms with Gasteiger partial charge in [0.05, 0.1) is 16.6 Å². The van der Waals surface area contributed by atoms with Crippen LogP contribution in [0.1, 0.15) is 17.2 Å². The van der Waals surface area contributed by atoms with Crippen molar-refractivity contribution in [3.63, 3.8) is 0 Å². The van der Waals surface area contributed by atoms with Gasteiger partial charge in [-0.1, -0.05) is 35.9 Å². The minimum atomic E-state index is -1.26. The number of hydrogen-bond acceptors (Lipinski definition) is 2. The van der Waals surface area contributed by atoms with Gasteiger partial charge in [0.15, 0.2) is 11.0 Å². The minimum absolute atomic E-state index is 0.00682. The molecule has 0 aromatic heterocycles. The maximum Gasteiger partial charge on any atom is 0.153 e. The topological polar surface area (TPSA) is 32.3 Å². The van der Waals surface area contributed by atoms with Gasteiger partial charge in [-0.15, -0.1) is 0 Å². The van der Waals surface area contributed by atoms with Crippen molar-refractivity contribution in [2.45, 2.75) is 10.9 Å². The Bertz CT molecular complexity index is 689. The molecule has 1 heterocycles. The molecule has 2 aromatic rings. The lowest BCUT2D eigenvalue weighted by molar-refractivity contribution is 0.672. The SMILES string of the molecule is CNC1c2ccccc2N(C)S(=O)c2cc(Cl)ccc21. The fraction of sp³-hybridized carbons (Fsp3) is 0.200. The Morgan fingerprint density at radius 1 is 1.20 bits per heavy atom. The summed E-state index contributed by atoms with van der Waals surface area (Å²) in [6.45, 7) is 0. The summed E-state index contributed by atoms with van der Waals surface area (Å²) in [4.78, 5) is 0.760. The average molecular weight is 307 g/mol. The number of hydrogen-bond donors (Lipinski definition) is 1. The van der Waals surface area contributed by atoms with Crippen LogP contribution in [0.5, 0.6) is 0 Å². The Kier molecular flexibility index (Phi) is 3.54. The highest BCUT2D eigenvalue weighted by molar-refractivity contribution is 7.86. The molecule has 0 amide bonds. The van der Waals surface area contributed by atoms with Crippen molar-refractivity contribution in [1.82, 2.24) is 5.32 Å². The molecule has 2 aromatic carbocycles. The Morgan fingerprint density at radius 2 is 1.95 bits per heavy atom. The number of rotatable bonds is 1. The van der Waals surface area contributed by atoms with Crippen LogP contribution in [0.3, 0.4) is 0 Å². The smallest absolute Gasteiger partial charge is 0.153 e. The molecule has 2 atom stereocenters. The molecular weight excluding hydrogens is 292 g/mol. The summed E-state index contributed by atoms with van der Waals surface area (Å²) in [6, 6.07) is 13.6. The number of benzene rings is 2. The molecule has 1 N–H and O–H groups in total. The van der Waals surface area contributed by atoms with E-state index in [1.807, 2.05) is 44.4 Å². The zero-order valence-corrected chi connectivity index (χ0v) is 12.8. The largest absolute Gasteiger partial charge is 0.309 e. The van der Waals surface area contributed by atoms with Gasteiger partial charge in [-0.3, -0.25) is 4.31 Å². The minimum Gasteiger partial charge on any atom is -0.309 e. The van der Waals surface area contributed by atoms with Crippen LogP contribution in [0.25, 0.3) is 0 Å². The lowest BCUT2D eigenvalue weighted by Crippen LogP contribution is -2.20. The van der Waals surface area contributed by atoms with Crippen molar-refractivity contribution >= 4 is 28.3 Å². The lowest BCUT2D eigenvalue weighted by Gasteiger charge is -2.20. The van der Waals surface area contributed by atoms with Crippen LogP contribution in [0.2, 0.25) is 5.02 Å². The van der Waals surface area contributed by atoms with Gasteiger partial charge in [0.2, 0.25) is 0 Å². The first-order chi connectivity index (χ1) is 9.63. The Hall–Kier alpha value is -1.36. The summed E-state index contributed by atoms with van der Waals surface area (Å²) in [5.74, 6) is 0. The number of nitrogens with zero attached hydrogens (tertiary/aromatic N) is 1. The normalized spacial score (nSPS) is 21.1. The van der Waals surface area contributed by atoms with Crippen LogP contribution >= 0.6 is 11.6 Å². The predicted molar refractivity (Wildman–Crippen MR) is 83.6 cm³/mol. The molecule has 5 heteroatoms. The first kappa shape index (κ1) is 13.6. The van der Waals surface area contributed by atoms with E-state index < -0.39 is 11.0 Å². The average Bonchev–Trinajstić information content (AvgIpc) is 2.55. The van der Waals surface area contributed by atoms with E-state index in [1.54, 1.807) is 10.4 Å². The monoisotopic (exact) mass is 306 g/mol. The maximum absolute atomic E-state index is 12.8. The Labute approximate surface area is 126 Å². The van der Waals surface area contributed by atoms with Gasteiger partial charge in [0, 0.05) is 12.1 Å². The highest BCUT2D eigenvalue weighted by atomic mass is 35.5. The van der Waals surface area contributed by atoms with E-state index in [0.29, 0.717) is 5.02 Å². The summed E-state index contributed by atoms with van der Waals surface area (Å²) in [5, 5.41) is 3.92. The zero-order valence-electron chi connectivity index (χ0n) is 11.3. The highest BCUT2D eigenvalue weighted by Gasteiger charge is 2.29. The lowest BCUT2D eigenvalue weighted by atomic mass is 9.97. The number of fused-ring (bicyclic) bond motifs is 2. The van der Waals surface area contributed by atoms with Crippen LogP contribution in [0.4, 0.5) is 5.69 Å². The Morgan fingerprint density at radius 3 is 2.70 bits per heavy atom. The molecule has 1 aliphatic heterocycles. The van der Waals surface area contributed by atoms with Crippen molar-refractivity contribution in [3.05, 3.63) is 58.6 Å². The molecule has 0 fully saturated rings. The fourth-order valence-corrected chi connectivity index (χ4v) is 4.12. The van der Waals surface area contributed by atoms with Crippen molar-refractivity contribution in [1.29, 1.82) is 0 Å². The standard InChI is InChI=1S/C15H15ClN2OS/c1-17-15-11-5-3-4-6-13(11)18(2)20(19)14-9-10(16)7-8-12(14)15/h3-9,15,17H,1-2H3. The zero-order chi connectivity index (χ0) is 14.3. The molecule has 3 nitrogen and oxygen atoms in total. The van der Waals surface area contributed by atoms with E-state index >= 15 is 0 Å². The summed E-state index contributed by atoms with van der Waals surface area (Å²) in [7, 11) is 2.49. The fourth-order valence-electron chi connectivity index (χ4n) is 2.63. The molecule has 0 spiro atoms. The number of halogens is 1. The first-order valence-electron chi connectivity index (χ1n) is 6.34. The van der Waals surface area contributed by atoms with Crippen molar-refractivity contribution < 1.29 is 4.21 Å². The van der Waals surface area contributed by atoms with Gasteiger partial charge in [-0.25, -0.2) is 4.21 Å². The molecule has 2 unspecified atom stereocenters. The van der Waals surface area contributed by atoms with Crippen LogP contribution in [0.15, 0.2) is 47.4 Å². The van der Waals surface area contributed by atoms with Gasteiger partial charge in [0.1, 0.15) is 0 Å². The summed E-state index contributed by atoms with van der Waals surface area (Å²) in [5.41, 5.74) is 3.09. The second-order valence-corrected chi connectivity index (χ2v) is 6.63. The third kappa shape index (κ3) is 2.04. The third-order valence-corrected chi connectivity index (χ3v) is 5.26. The van der Waals surface area contributed by atoms with Gasteiger partial charge >= 0.3 is 0 Å². The van der Waals surface area contributed by atoms with E-state index in [1.165, 1.54) is 0 Å². The van der Waals surface area contributed by atoms with Gasteiger partial charge in [-0.05, 0) is 36.4 Å². The molecule has 0 bridgehead atoms. The van der Waals surface area contributed by atoms with Crippen LogP contribution in [-0.2, 0) is 11.0 Å². The van der Waals surface area contributed by atoms with E-state index in [4.69, 9.17) is 11.6 Å². The number of anilines is 1. The molecular formula is C15H15ClN2OS. The molecule has 20 heavy (non-hydrogen) atoms. The Balaban J connectivity index is 2.31. The van der Waals surface area contributed by atoms with Crippen LogP contribution in [0, 0.1) is 0 Å². The second kappa shape index (κ2) is 5.20. The van der Waals surface area contributed by atoms with Crippen molar-refractivity contribution in [2.75, 3.05) is 18.4 Å². The summed E-state index contributed by atoms with van der Waals surface area (Å²) >= 11 is 6.07. The quantitative estimate of drug-likeness (QED) is 0.878. The van der Waals surface area contributed by atoms with E-state index in [-0.39, 0.29) is 6.04 Å². The molecule has 104 valence electrons. The van der Waals surface area contributed by atoms with E-state index in [9.17, 15) is 4.21 Å². The van der Waals surface area contributed by atoms with Crippen LogP contribution < -0.4 is 9.62 Å². The molecule has 0 saturated heterocycles. The molecule has 0 saturated carbocycles. The summed E-state index contributed by atoms with van der Waals surface area (Å²) in [6.07, 6.45) is 0. The van der Waals surface area contributed by atoms with Crippen molar-refractivity contribution in [2.24, 2.45) is 0 Å². The molecule has 1 aliphatic rings. The van der Waals surface area contributed by atoms with Gasteiger partial charge < -0.3 is 5.32 Å². The maximum atomic E-state index is 12.8.